The molecule has 0 aromatic heterocycles. The average molecular weight is 273 g/mol. The van der Waals surface area contributed by atoms with Crippen molar-refractivity contribution in [3.8, 4) is 11.5 Å². The van der Waals surface area contributed by atoms with Crippen molar-refractivity contribution in [3.05, 3.63) is 53.6 Å². The van der Waals surface area contributed by atoms with Gasteiger partial charge in [0.1, 0.15) is 23.7 Å². The van der Waals surface area contributed by atoms with Crippen LogP contribution in [-0.4, -0.2) is 18.2 Å². The predicted molar refractivity (Wildman–Crippen MR) is 74.6 cm³/mol. The van der Waals surface area contributed by atoms with Crippen LogP contribution in [0.2, 0.25) is 0 Å². The zero-order valence-electron chi connectivity index (χ0n) is 11.0. The second kappa shape index (κ2) is 5.97. The highest BCUT2D eigenvalue weighted by Gasteiger charge is 2.16. The van der Waals surface area contributed by atoms with E-state index in [0.29, 0.717) is 11.4 Å². The summed E-state index contributed by atoms with van der Waals surface area (Å²) >= 11 is 0. The van der Waals surface area contributed by atoms with Crippen molar-refractivity contribution in [1.82, 2.24) is 0 Å². The van der Waals surface area contributed by atoms with E-state index in [4.69, 9.17) is 10.5 Å². The number of esters is 1. The van der Waals surface area contributed by atoms with Gasteiger partial charge in [-0.05, 0) is 29.8 Å². The molecule has 0 amide bonds. The largest absolute Gasteiger partial charge is 0.508 e. The topological polar surface area (TPSA) is 81.8 Å². The van der Waals surface area contributed by atoms with Gasteiger partial charge in [0.25, 0.3) is 0 Å². The maximum atomic E-state index is 11.7. The highest BCUT2D eigenvalue weighted by Crippen LogP contribution is 2.26. The molecule has 0 heterocycles. The third kappa shape index (κ3) is 3.00. The molecule has 0 aliphatic heterocycles. The van der Waals surface area contributed by atoms with Crippen molar-refractivity contribution in [2.24, 2.45) is 0 Å². The second-order valence-electron chi connectivity index (χ2n) is 4.17. The van der Waals surface area contributed by atoms with Gasteiger partial charge in [0.15, 0.2) is 0 Å². The number of hydrogen-bond acceptors (Lipinski definition) is 5. The van der Waals surface area contributed by atoms with Crippen molar-refractivity contribution in [2.45, 2.75) is 6.61 Å². The van der Waals surface area contributed by atoms with Gasteiger partial charge in [-0.25, -0.2) is 4.79 Å². The highest BCUT2D eigenvalue weighted by molar-refractivity contribution is 5.98. The number of carbonyl (C=O) groups excluding carboxylic acids is 1. The molecule has 0 bridgehead atoms. The zero-order chi connectivity index (χ0) is 14.5. The normalized spacial score (nSPS) is 10.1. The molecule has 0 spiro atoms. The molecule has 5 heteroatoms. The molecule has 0 radical (unpaired) electrons. The number of methoxy groups -OCH3 is 1. The summed E-state index contributed by atoms with van der Waals surface area (Å²) in [5.41, 5.74) is 7.05. The lowest BCUT2D eigenvalue weighted by atomic mass is 10.1. The fourth-order valence-corrected chi connectivity index (χ4v) is 1.80. The summed E-state index contributed by atoms with van der Waals surface area (Å²) in [6, 6.07) is 11.6. The van der Waals surface area contributed by atoms with E-state index in [0.717, 1.165) is 5.56 Å². The first kappa shape index (κ1) is 13.7. The first-order valence-corrected chi connectivity index (χ1v) is 5.99. The van der Waals surface area contributed by atoms with Gasteiger partial charge in [-0.1, -0.05) is 18.2 Å². The van der Waals surface area contributed by atoms with E-state index in [1.54, 1.807) is 36.4 Å². The Morgan fingerprint density at radius 2 is 2.00 bits per heavy atom. The SMILES string of the molecule is COC(=O)c1c(N)cccc1OCc1cccc(O)c1. The first-order valence-electron chi connectivity index (χ1n) is 5.99. The predicted octanol–water partition coefficient (Wildman–Crippen LogP) is 2.34. The summed E-state index contributed by atoms with van der Waals surface area (Å²) in [6.45, 7) is 0.210. The summed E-state index contributed by atoms with van der Waals surface area (Å²) in [5, 5.41) is 9.39. The van der Waals surface area contributed by atoms with Crippen LogP contribution < -0.4 is 10.5 Å². The van der Waals surface area contributed by atoms with Gasteiger partial charge in [-0.3, -0.25) is 0 Å². The fraction of sp³-hybridized carbons (Fsp3) is 0.133. The van der Waals surface area contributed by atoms with Crippen LogP contribution in [0.15, 0.2) is 42.5 Å². The number of rotatable bonds is 4. The van der Waals surface area contributed by atoms with E-state index < -0.39 is 5.97 Å². The van der Waals surface area contributed by atoms with Gasteiger partial charge in [-0.15, -0.1) is 0 Å². The Labute approximate surface area is 116 Å². The molecule has 0 saturated heterocycles. The van der Waals surface area contributed by atoms with E-state index in [-0.39, 0.29) is 17.9 Å². The summed E-state index contributed by atoms with van der Waals surface area (Å²) in [5.74, 6) is -0.0407. The fourth-order valence-electron chi connectivity index (χ4n) is 1.80. The van der Waals surface area contributed by atoms with Crippen LogP contribution in [0.4, 0.5) is 5.69 Å². The van der Waals surface area contributed by atoms with Gasteiger partial charge in [0.05, 0.1) is 7.11 Å². The van der Waals surface area contributed by atoms with Gasteiger partial charge >= 0.3 is 5.97 Å². The van der Waals surface area contributed by atoms with E-state index >= 15 is 0 Å². The molecule has 0 unspecified atom stereocenters. The number of carbonyl (C=O) groups is 1. The van der Waals surface area contributed by atoms with Crippen LogP contribution in [0, 0.1) is 0 Å². The van der Waals surface area contributed by atoms with Crippen molar-refractivity contribution in [1.29, 1.82) is 0 Å². The molecule has 104 valence electrons. The van der Waals surface area contributed by atoms with Crippen LogP contribution in [0.25, 0.3) is 0 Å². The quantitative estimate of drug-likeness (QED) is 0.660. The number of anilines is 1. The molecular formula is C15H15NO4. The van der Waals surface area contributed by atoms with E-state index in [2.05, 4.69) is 4.74 Å². The first-order chi connectivity index (χ1) is 9.61. The van der Waals surface area contributed by atoms with Gasteiger partial charge < -0.3 is 20.3 Å². The monoisotopic (exact) mass is 273 g/mol. The summed E-state index contributed by atoms with van der Waals surface area (Å²) in [6.07, 6.45) is 0. The van der Waals surface area contributed by atoms with E-state index in [1.807, 2.05) is 6.07 Å². The molecule has 0 fully saturated rings. The minimum atomic E-state index is -0.547. The van der Waals surface area contributed by atoms with E-state index in [9.17, 15) is 9.90 Å². The Morgan fingerprint density at radius 1 is 1.25 bits per heavy atom. The highest BCUT2D eigenvalue weighted by atomic mass is 16.5. The van der Waals surface area contributed by atoms with Crippen molar-refractivity contribution >= 4 is 11.7 Å². The Kier molecular flexibility index (Phi) is 4.10. The number of nitrogens with two attached hydrogens (primary N) is 1. The molecule has 2 rings (SSSR count). The number of benzene rings is 2. The van der Waals surface area contributed by atoms with Crippen LogP contribution in [0.5, 0.6) is 11.5 Å². The Bertz CT molecular complexity index is 625. The number of phenolic OH excluding ortho intramolecular Hbond substituents is 1. The average Bonchev–Trinajstić information content (AvgIpc) is 2.44. The number of phenols is 1. The van der Waals surface area contributed by atoms with Crippen LogP contribution in [-0.2, 0) is 11.3 Å². The van der Waals surface area contributed by atoms with Crippen molar-refractivity contribution in [3.63, 3.8) is 0 Å². The van der Waals surface area contributed by atoms with Crippen LogP contribution in [0.1, 0.15) is 15.9 Å². The molecule has 0 aliphatic carbocycles. The third-order valence-corrected chi connectivity index (χ3v) is 2.75. The van der Waals surface area contributed by atoms with Gasteiger partial charge in [-0.2, -0.15) is 0 Å². The lowest BCUT2D eigenvalue weighted by Crippen LogP contribution is -2.09. The van der Waals surface area contributed by atoms with Gasteiger partial charge in [0.2, 0.25) is 0 Å². The molecule has 2 aromatic carbocycles. The molecule has 0 atom stereocenters. The van der Waals surface area contributed by atoms with Gasteiger partial charge in [0, 0.05) is 5.69 Å². The summed E-state index contributed by atoms with van der Waals surface area (Å²) < 4.78 is 10.3. The van der Waals surface area contributed by atoms with E-state index in [1.165, 1.54) is 7.11 Å². The summed E-state index contributed by atoms with van der Waals surface area (Å²) in [7, 11) is 1.29. The van der Waals surface area contributed by atoms with Crippen molar-refractivity contribution < 1.29 is 19.4 Å². The maximum Gasteiger partial charge on any atom is 0.343 e. The number of aromatic hydroxyl groups is 1. The minimum absolute atomic E-state index is 0.159. The third-order valence-electron chi connectivity index (χ3n) is 2.75. The molecule has 20 heavy (non-hydrogen) atoms. The maximum absolute atomic E-state index is 11.7. The van der Waals surface area contributed by atoms with Crippen LogP contribution in [0.3, 0.4) is 0 Å². The van der Waals surface area contributed by atoms with Crippen LogP contribution >= 0.6 is 0 Å². The minimum Gasteiger partial charge on any atom is -0.508 e. The summed E-state index contributed by atoms with van der Waals surface area (Å²) in [4.78, 5) is 11.7. The molecular weight excluding hydrogens is 258 g/mol. The number of ether oxygens (including phenoxy) is 2. The Hall–Kier alpha value is -2.69. The van der Waals surface area contributed by atoms with Crippen molar-refractivity contribution in [2.75, 3.05) is 12.8 Å². The molecule has 3 N–H and O–H groups in total. The number of nitrogen functional groups attached to an aromatic ring is 1. The number of hydrogen-bond donors (Lipinski definition) is 2. The smallest absolute Gasteiger partial charge is 0.343 e. The lowest BCUT2D eigenvalue weighted by molar-refractivity contribution is 0.0597. The molecule has 5 nitrogen and oxygen atoms in total. The molecule has 2 aromatic rings. The molecule has 0 aliphatic rings. The Balaban J connectivity index is 2.21. The standard InChI is InChI=1S/C15H15NO4/c1-19-15(18)14-12(16)6-3-7-13(14)20-9-10-4-2-5-11(17)8-10/h2-8,17H,9,16H2,1H3. The lowest BCUT2D eigenvalue weighted by Gasteiger charge is -2.12. The molecule has 0 saturated carbocycles. The Morgan fingerprint density at radius 3 is 2.70 bits per heavy atom. The zero-order valence-corrected chi connectivity index (χ0v) is 11.0. The second-order valence-corrected chi connectivity index (χ2v) is 4.17.